The highest BCUT2D eigenvalue weighted by molar-refractivity contribution is 5.70. The number of primary amides is 1. The topological polar surface area (TPSA) is 69.8 Å². The smallest absolute Gasteiger partial charge is 0.338 e. The zero-order valence-corrected chi connectivity index (χ0v) is 10.7. The van der Waals surface area contributed by atoms with Gasteiger partial charge in [0.05, 0.1) is 6.54 Å². The number of carbonyl (C=O) groups is 1. The molecule has 1 aromatic rings. The van der Waals surface area contributed by atoms with E-state index in [1.807, 2.05) is 14.1 Å². The molecule has 1 aliphatic rings. The number of rotatable bonds is 4. The summed E-state index contributed by atoms with van der Waals surface area (Å²) in [7, 11) is 4.01. The molecule has 2 atom stereocenters. The fourth-order valence-electron chi connectivity index (χ4n) is 2.19. The quantitative estimate of drug-likeness (QED) is 0.629. The minimum atomic E-state index is -0.788. The summed E-state index contributed by atoms with van der Waals surface area (Å²) < 4.78 is 0. The molecule has 3 N–H and O–H groups in total. The van der Waals surface area contributed by atoms with Crippen LogP contribution >= 0.6 is 0 Å². The summed E-state index contributed by atoms with van der Waals surface area (Å²) in [6, 6.07) is 7.58. The number of carbonyl (C=O) groups excluding carboxylic acids is 1. The Balaban J connectivity index is 1.93. The first-order valence-corrected chi connectivity index (χ1v) is 6.02. The largest absolute Gasteiger partial charge is 0.378 e. The van der Waals surface area contributed by atoms with E-state index in [1.54, 1.807) is 0 Å². The lowest BCUT2D eigenvalue weighted by molar-refractivity contribution is -0.0431. The van der Waals surface area contributed by atoms with Crippen LogP contribution in [0.15, 0.2) is 24.3 Å². The summed E-state index contributed by atoms with van der Waals surface area (Å²) >= 11 is 0. The summed E-state index contributed by atoms with van der Waals surface area (Å²) in [6.45, 7) is 0.315. The van der Waals surface area contributed by atoms with Crippen molar-refractivity contribution in [3.05, 3.63) is 29.8 Å². The van der Waals surface area contributed by atoms with E-state index in [0.717, 1.165) is 12.1 Å². The van der Waals surface area contributed by atoms with E-state index < -0.39 is 6.03 Å². The molecule has 18 heavy (non-hydrogen) atoms. The van der Waals surface area contributed by atoms with Gasteiger partial charge < -0.3 is 10.6 Å². The zero-order chi connectivity index (χ0) is 13.3. The Morgan fingerprint density at radius 2 is 2.00 bits per heavy atom. The Bertz CT molecular complexity index is 430. The van der Waals surface area contributed by atoms with Crippen LogP contribution in [0.1, 0.15) is 17.9 Å². The second kappa shape index (κ2) is 4.86. The van der Waals surface area contributed by atoms with Gasteiger partial charge in [-0.2, -0.15) is 0 Å². The third-order valence-electron chi connectivity index (χ3n) is 3.42. The zero-order valence-electron chi connectivity index (χ0n) is 10.7. The summed E-state index contributed by atoms with van der Waals surface area (Å²) in [4.78, 5) is 12.8. The second-order valence-corrected chi connectivity index (χ2v) is 5.01. The summed E-state index contributed by atoms with van der Waals surface area (Å²) in [6.07, 6.45) is 0.992. The van der Waals surface area contributed by atoms with Crippen molar-refractivity contribution in [2.75, 3.05) is 25.5 Å². The van der Waals surface area contributed by atoms with Gasteiger partial charge in [-0.05, 0) is 36.0 Å². The van der Waals surface area contributed by atoms with Crippen molar-refractivity contribution in [2.24, 2.45) is 11.7 Å². The van der Waals surface area contributed by atoms with Gasteiger partial charge in [-0.25, -0.2) is 9.86 Å². The van der Waals surface area contributed by atoms with Crippen molar-refractivity contribution in [2.45, 2.75) is 12.3 Å². The van der Waals surface area contributed by atoms with Crippen LogP contribution in [0, 0.1) is 5.92 Å². The summed E-state index contributed by atoms with van der Waals surface area (Å²) in [5, 5.41) is 9.87. The molecule has 5 nitrogen and oxygen atoms in total. The first kappa shape index (κ1) is 12.7. The van der Waals surface area contributed by atoms with Crippen LogP contribution in [0.25, 0.3) is 0 Å². The molecule has 1 fully saturated rings. The number of anilines is 1. The molecule has 1 aliphatic carbocycles. The number of hydroxylamine groups is 2. The van der Waals surface area contributed by atoms with Crippen molar-refractivity contribution < 1.29 is 10.0 Å². The number of nitrogens with two attached hydrogens (primary N) is 1. The van der Waals surface area contributed by atoms with Gasteiger partial charge in [0.15, 0.2) is 0 Å². The first-order valence-electron chi connectivity index (χ1n) is 6.02. The third-order valence-corrected chi connectivity index (χ3v) is 3.42. The molecule has 5 heteroatoms. The van der Waals surface area contributed by atoms with Crippen LogP contribution < -0.4 is 10.6 Å². The van der Waals surface area contributed by atoms with Gasteiger partial charge in [0.1, 0.15) is 0 Å². The highest BCUT2D eigenvalue weighted by atomic mass is 16.5. The van der Waals surface area contributed by atoms with Gasteiger partial charge in [-0.1, -0.05) is 12.1 Å². The van der Waals surface area contributed by atoms with Crippen LogP contribution in [-0.4, -0.2) is 36.9 Å². The molecule has 2 rings (SSSR count). The normalized spacial score (nSPS) is 21.5. The van der Waals surface area contributed by atoms with Gasteiger partial charge in [-0.15, -0.1) is 0 Å². The van der Waals surface area contributed by atoms with Crippen molar-refractivity contribution in [1.82, 2.24) is 5.06 Å². The molecule has 0 bridgehead atoms. The molecule has 0 unspecified atom stereocenters. The standard InChI is InChI=1S/C13H19N3O2/c1-15(2)11-5-3-9(4-6-11)12-7-10(12)8-16(18)13(14)17/h3-6,10,12,18H,7-8H2,1-2H3,(H2,14,17)/t10-,12-/m0/s1. The predicted octanol–water partition coefficient (Wildman–Crippen LogP) is 1.63. The van der Waals surface area contributed by atoms with Crippen molar-refractivity contribution in [3.63, 3.8) is 0 Å². The second-order valence-electron chi connectivity index (χ2n) is 5.01. The van der Waals surface area contributed by atoms with E-state index in [4.69, 9.17) is 5.73 Å². The highest BCUT2D eigenvalue weighted by Gasteiger charge is 2.39. The molecule has 2 amide bonds. The van der Waals surface area contributed by atoms with Crippen LogP contribution in [0.4, 0.5) is 10.5 Å². The number of urea groups is 1. The first-order chi connectivity index (χ1) is 8.49. The van der Waals surface area contributed by atoms with E-state index in [9.17, 15) is 10.0 Å². The maximum atomic E-state index is 10.7. The SMILES string of the molecule is CN(C)c1ccc([C@@H]2C[C@H]2CN(O)C(N)=O)cc1. The van der Waals surface area contributed by atoms with Crippen molar-refractivity contribution in [3.8, 4) is 0 Å². The summed E-state index contributed by atoms with van der Waals surface area (Å²) in [5.74, 6) is 0.739. The Hall–Kier alpha value is -1.75. The molecule has 0 aliphatic heterocycles. The molecule has 0 heterocycles. The molecule has 0 spiro atoms. The monoisotopic (exact) mass is 249 g/mol. The van der Waals surface area contributed by atoms with Gasteiger partial charge in [-0.3, -0.25) is 5.21 Å². The van der Waals surface area contributed by atoms with Crippen LogP contribution in [-0.2, 0) is 0 Å². The average molecular weight is 249 g/mol. The molecule has 1 aromatic carbocycles. The molecule has 0 saturated heterocycles. The van der Waals surface area contributed by atoms with Crippen LogP contribution in [0.5, 0.6) is 0 Å². The van der Waals surface area contributed by atoms with Gasteiger partial charge in [0.25, 0.3) is 0 Å². The fourth-order valence-corrected chi connectivity index (χ4v) is 2.19. The average Bonchev–Trinajstić information content (AvgIpc) is 3.08. The van der Waals surface area contributed by atoms with Crippen LogP contribution in [0.2, 0.25) is 0 Å². The van der Waals surface area contributed by atoms with E-state index >= 15 is 0 Å². The highest BCUT2D eigenvalue weighted by Crippen LogP contribution is 2.47. The Kier molecular flexibility index (Phi) is 3.43. The predicted molar refractivity (Wildman–Crippen MR) is 69.7 cm³/mol. The molecule has 1 saturated carbocycles. The van der Waals surface area contributed by atoms with E-state index in [2.05, 4.69) is 29.2 Å². The number of nitrogens with zero attached hydrogens (tertiary/aromatic N) is 2. The number of benzene rings is 1. The van der Waals surface area contributed by atoms with E-state index in [-0.39, 0.29) is 0 Å². The lowest BCUT2D eigenvalue weighted by Gasteiger charge is -2.13. The molecular weight excluding hydrogens is 230 g/mol. The molecule has 0 aromatic heterocycles. The lowest BCUT2D eigenvalue weighted by Crippen LogP contribution is -2.34. The van der Waals surface area contributed by atoms with Crippen LogP contribution in [0.3, 0.4) is 0 Å². The fraction of sp³-hybridized carbons (Fsp3) is 0.462. The Labute approximate surface area is 107 Å². The Morgan fingerprint density at radius 3 is 2.50 bits per heavy atom. The van der Waals surface area contributed by atoms with Crippen molar-refractivity contribution >= 4 is 11.7 Å². The number of amides is 2. The van der Waals surface area contributed by atoms with Gasteiger partial charge >= 0.3 is 6.03 Å². The lowest BCUT2D eigenvalue weighted by atomic mass is 10.1. The minimum Gasteiger partial charge on any atom is -0.378 e. The molecule has 0 radical (unpaired) electrons. The molecular formula is C13H19N3O2. The van der Waals surface area contributed by atoms with E-state index in [1.165, 1.54) is 5.56 Å². The van der Waals surface area contributed by atoms with Crippen molar-refractivity contribution in [1.29, 1.82) is 0 Å². The Morgan fingerprint density at radius 1 is 1.39 bits per heavy atom. The van der Waals surface area contributed by atoms with Gasteiger partial charge in [0.2, 0.25) is 0 Å². The number of hydrogen-bond donors (Lipinski definition) is 2. The summed E-state index contributed by atoms with van der Waals surface area (Å²) in [5.41, 5.74) is 7.40. The maximum absolute atomic E-state index is 10.7. The third kappa shape index (κ3) is 2.73. The van der Waals surface area contributed by atoms with E-state index in [0.29, 0.717) is 23.4 Å². The molecule has 98 valence electrons. The minimum absolute atomic E-state index is 0.313. The number of hydrogen-bond acceptors (Lipinski definition) is 3. The van der Waals surface area contributed by atoms with Gasteiger partial charge in [0, 0.05) is 19.8 Å². The maximum Gasteiger partial charge on any atom is 0.338 e.